The van der Waals surface area contributed by atoms with E-state index in [0.717, 1.165) is 13.1 Å². The van der Waals surface area contributed by atoms with E-state index >= 15 is 0 Å². The number of rotatable bonds is 4. The summed E-state index contributed by atoms with van der Waals surface area (Å²) in [6, 6.07) is 13.4. The number of nitrogens with one attached hydrogen (secondary N) is 2. The van der Waals surface area contributed by atoms with Crippen LogP contribution in [0, 0.1) is 5.92 Å². The molecule has 1 heterocycles. The third kappa shape index (κ3) is 7.86. The Morgan fingerprint density at radius 1 is 1.14 bits per heavy atom. The summed E-state index contributed by atoms with van der Waals surface area (Å²) in [5.74, 6) is -1.01. The minimum Gasteiger partial charge on any atom is -0.478 e. The van der Waals surface area contributed by atoms with E-state index in [1.807, 2.05) is 12.1 Å². The van der Waals surface area contributed by atoms with Gasteiger partial charge in [-0.2, -0.15) is 0 Å². The molecule has 0 radical (unpaired) electrons. The summed E-state index contributed by atoms with van der Waals surface area (Å²) < 4.78 is 5.39. The maximum absolute atomic E-state index is 11.9. The number of anilines is 1. The fraction of sp³-hybridized carbons (Fsp3) is 0.300. The van der Waals surface area contributed by atoms with Crippen LogP contribution in [0.4, 0.5) is 5.69 Å². The molecule has 0 bridgehead atoms. The smallest absolute Gasteiger partial charge is 0.335 e. The van der Waals surface area contributed by atoms with Gasteiger partial charge in [-0.3, -0.25) is 4.79 Å². The number of hydrogen-bond acceptors (Lipinski definition) is 4. The number of amides is 1. The molecular weight excluding hydrogens is 403 g/mol. The summed E-state index contributed by atoms with van der Waals surface area (Å²) >= 11 is 11.2. The number of carbonyl (C=O) groups excluding carboxylic acids is 1. The molecule has 6 nitrogen and oxygen atoms in total. The largest absolute Gasteiger partial charge is 0.478 e. The Hall–Kier alpha value is -2.12. The van der Waals surface area contributed by atoms with Gasteiger partial charge in [-0.15, -0.1) is 0 Å². The van der Waals surface area contributed by atoms with Crippen LogP contribution in [0.15, 0.2) is 48.5 Å². The number of benzene rings is 2. The Kier molecular flexibility index (Phi) is 9.23. The Morgan fingerprint density at radius 2 is 1.86 bits per heavy atom. The van der Waals surface area contributed by atoms with E-state index in [9.17, 15) is 9.59 Å². The highest BCUT2D eigenvalue weighted by molar-refractivity contribution is 6.41. The van der Waals surface area contributed by atoms with E-state index in [4.69, 9.17) is 33.0 Å². The van der Waals surface area contributed by atoms with Crippen LogP contribution in [0.25, 0.3) is 0 Å². The Labute approximate surface area is 173 Å². The van der Waals surface area contributed by atoms with Crippen LogP contribution in [0.1, 0.15) is 16.8 Å². The molecule has 1 atom stereocenters. The molecule has 1 aliphatic heterocycles. The first-order valence-electron chi connectivity index (χ1n) is 8.77. The van der Waals surface area contributed by atoms with Crippen molar-refractivity contribution >= 4 is 40.8 Å². The summed E-state index contributed by atoms with van der Waals surface area (Å²) in [7, 11) is 0. The highest BCUT2D eigenvalue weighted by Crippen LogP contribution is 2.19. The normalized spacial score (nSPS) is 16.3. The lowest BCUT2D eigenvalue weighted by Gasteiger charge is -2.13. The van der Waals surface area contributed by atoms with Crippen molar-refractivity contribution in [2.75, 3.05) is 31.6 Å². The molecular formula is C20H22Cl2N2O4. The standard InChI is InChI=1S/C14H18N2O4.C6H4Cl2/c17-13(6-10-8-15-4-5-20-9-10)16-12-3-1-2-11(7-12)14(18)19;7-5-3-1-2-4-6(5)8/h1-3,7,10,15H,4-6,8-9H2,(H,16,17)(H,18,19);1-4H. The third-order valence-corrected chi connectivity index (χ3v) is 4.66. The van der Waals surface area contributed by atoms with E-state index in [1.165, 1.54) is 12.1 Å². The number of carboxylic acid groups (broad SMARTS) is 1. The van der Waals surface area contributed by atoms with Gasteiger partial charge in [-0.25, -0.2) is 4.79 Å². The van der Waals surface area contributed by atoms with Crippen molar-refractivity contribution in [3.8, 4) is 0 Å². The molecule has 0 spiro atoms. The van der Waals surface area contributed by atoms with Crippen molar-refractivity contribution in [2.45, 2.75) is 6.42 Å². The molecule has 0 aliphatic carbocycles. The second-order valence-electron chi connectivity index (χ2n) is 6.20. The molecule has 1 saturated heterocycles. The van der Waals surface area contributed by atoms with Gasteiger partial charge >= 0.3 is 5.97 Å². The van der Waals surface area contributed by atoms with Crippen LogP contribution < -0.4 is 10.6 Å². The maximum Gasteiger partial charge on any atom is 0.335 e. The predicted octanol–water partition coefficient (Wildman–Crippen LogP) is 3.94. The molecule has 1 aliphatic rings. The number of carbonyl (C=O) groups is 2. The number of aromatic carboxylic acids is 1. The van der Waals surface area contributed by atoms with Crippen molar-refractivity contribution in [1.82, 2.24) is 5.32 Å². The number of carboxylic acids is 1. The molecule has 0 aromatic heterocycles. The molecule has 2 aromatic carbocycles. The summed E-state index contributed by atoms with van der Waals surface area (Å²) in [5, 5.41) is 16.0. The van der Waals surface area contributed by atoms with Crippen molar-refractivity contribution < 1.29 is 19.4 Å². The van der Waals surface area contributed by atoms with Gasteiger partial charge in [-0.1, -0.05) is 41.4 Å². The summed E-state index contributed by atoms with van der Waals surface area (Å²) in [6.45, 7) is 2.79. The van der Waals surface area contributed by atoms with E-state index in [1.54, 1.807) is 24.3 Å². The first-order chi connectivity index (χ1) is 13.5. The molecule has 1 unspecified atom stereocenters. The molecule has 1 amide bonds. The van der Waals surface area contributed by atoms with E-state index < -0.39 is 5.97 Å². The van der Waals surface area contributed by atoms with E-state index in [0.29, 0.717) is 35.4 Å². The zero-order chi connectivity index (χ0) is 20.4. The molecule has 0 saturated carbocycles. The van der Waals surface area contributed by atoms with Crippen molar-refractivity contribution in [1.29, 1.82) is 0 Å². The molecule has 8 heteroatoms. The van der Waals surface area contributed by atoms with Gasteiger partial charge in [0.25, 0.3) is 0 Å². The van der Waals surface area contributed by atoms with Crippen LogP contribution >= 0.6 is 23.2 Å². The zero-order valence-electron chi connectivity index (χ0n) is 15.2. The first-order valence-corrected chi connectivity index (χ1v) is 9.53. The fourth-order valence-corrected chi connectivity index (χ4v) is 2.81. The molecule has 1 fully saturated rings. The number of halogens is 2. The Balaban J connectivity index is 0.000000292. The molecule has 3 N–H and O–H groups in total. The van der Waals surface area contributed by atoms with Crippen LogP contribution in [-0.2, 0) is 9.53 Å². The number of ether oxygens (including phenoxy) is 1. The van der Waals surface area contributed by atoms with Crippen molar-refractivity contribution in [3.63, 3.8) is 0 Å². The SMILES string of the molecule is Clc1ccccc1Cl.O=C(CC1CNCCOC1)Nc1cccc(C(=O)O)c1. The minimum atomic E-state index is -1.01. The third-order valence-electron chi connectivity index (χ3n) is 3.90. The van der Waals surface area contributed by atoms with E-state index in [-0.39, 0.29) is 17.4 Å². The lowest BCUT2D eigenvalue weighted by molar-refractivity contribution is -0.117. The topological polar surface area (TPSA) is 87.7 Å². The molecule has 150 valence electrons. The molecule has 28 heavy (non-hydrogen) atoms. The van der Waals surface area contributed by atoms with Gasteiger partial charge in [0.05, 0.1) is 28.8 Å². The second-order valence-corrected chi connectivity index (χ2v) is 7.01. The van der Waals surface area contributed by atoms with Crippen molar-refractivity contribution in [2.24, 2.45) is 5.92 Å². The molecule has 3 rings (SSSR count). The van der Waals surface area contributed by atoms with Gasteiger partial charge in [0.2, 0.25) is 5.91 Å². The monoisotopic (exact) mass is 424 g/mol. The van der Waals surface area contributed by atoms with Gasteiger partial charge < -0.3 is 20.5 Å². The Morgan fingerprint density at radius 3 is 2.50 bits per heavy atom. The van der Waals surface area contributed by atoms with Crippen LogP contribution in [0.2, 0.25) is 10.0 Å². The highest BCUT2D eigenvalue weighted by Gasteiger charge is 2.16. The van der Waals surface area contributed by atoms with Crippen LogP contribution in [0.3, 0.4) is 0 Å². The van der Waals surface area contributed by atoms with Gasteiger partial charge in [0, 0.05) is 31.1 Å². The quantitative estimate of drug-likeness (QED) is 0.691. The van der Waals surface area contributed by atoms with Crippen LogP contribution in [-0.4, -0.2) is 43.3 Å². The first kappa shape index (κ1) is 22.2. The Bertz CT molecular complexity index is 772. The van der Waals surface area contributed by atoms with Gasteiger partial charge in [-0.05, 0) is 30.3 Å². The van der Waals surface area contributed by atoms with Gasteiger partial charge in [0.1, 0.15) is 0 Å². The maximum atomic E-state index is 11.9. The van der Waals surface area contributed by atoms with Crippen LogP contribution in [0.5, 0.6) is 0 Å². The molecule has 2 aromatic rings. The fourth-order valence-electron chi connectivity index (χ4n) is 2.53. The highest BCUT2D eigenvalue weighted by atomic mass is 35.5. The van der Waals surface area contributed by atoms with E-state index in [2.05, 4.69) is 10.6 Å². The lowest BCUT2D eigenvalue weighted by atomic mass is 10.1. The summed E-state index contributed by atoms with van der Waals surface area (Å²) in [4.78, 5) is 22.8. The number of hydrogen-bond donors (Lipinski definition) is 3. The minimum absolute atomic E-state index is 0.134. The van der Waals surface area contributed by atoms with Gasteiger partial charge in [0.15, 0.2) is 0 Å². The average molecular weight is 425 g/mol. The second kappa shape index (κ2) is 11.7. The van der Waals surface area contributed by atoms with Crippen molar-refractivity contribution in [3.05, 3.63) is 64.1 Å². The predicted molar refractivity (Wildman–Crippen MR) is 110 cm³/mol. The lowest BCUT2D eigenvalue weighted by Crippen LogP contribution is -2.26. The summed E-state index contributed by atoms with van der Waals surface area (Å²) in [5.41, 5.74) is 0.652. The summed E-state index contributed by atoms with van der Waals surface area (Å²) in [6.07, 6.45) is 0.351. The average Bonchev–Trinajstić information content (AvgIpc) is 2.93. The zero-order valence-corrected chi connectivity index (χ0v) is 16.7.